The monoisotopic (exact) mass is 689 g/mol. The number of likely N-dealkylation sites (tertiary alicyclic amines) is 1. The van der Waals surface area contributed by atoms with E-state index in [9.17, 15) is 31.2 Å². The fourth-order valence-electron chi connectivity index (χ4n) is 7.34. The molecular formula is C34H42F3N5O5S. The van der Waals surface area contributed by atoms with E-state index in [0.717, 1.165) is 0 Å². The normalized spacial score (nSPS) is 23.3. The Morgan fingerprint density at radius 2 is 1.75 bits per heavy atom. The van der Waals surface area contributed by atoms with Gasteiger partial charge in [-0.05, 0) is 73.4 Å². The minimum Gasteiger partial charge on any atom is -0.446 e. The van der Waals surface area contributed by atoms with Crippen LogP contribution in [0.2, 0.25) is 0 Å². The van der Waals surface area contributed by atoms with Crippen LogP contribution in [-0.2, 0) is 21.2 Å². The van der Waals surface area contributed by atoms with E-state index in [4.69, 9.17) is 10.5 Å². The molecular weight excluding hydrogens is 647 g/mol. The van der Waals surface area contributed by atoms with Gasteiger partial charge < -0.3 is 26.0 Å². The van der Waals surface area contributed by atoms with Crippen molar-refractivity contribution in [3.05, 3.63) is 53.5 Å². The zero-order valence-corrected chi connectivity index (χ0v) is 28.0. The third kappa shape index (κ3) is 7.29. The van der Waals surface area contributed by atoms with Crippen LogP contribution in [0.5, 0.6) is 0 Å². The van der Waals surface area contributed by atoms with Crippen molar-refractivity contribution in [2.75, 3.05) is 37.2 Å². The van der Waals surface area contributed by atoms with Gasteiger partial charge in [-0.3, -0.25) is 4.79 Å². The predicted molar refractivity (Wildman–Crippen MR) is 177 cm³/mol. The van der Waals surface area contributed by atoms with Crippen LogP contribution in [-0.4, -0.2) is 79.3 Å². The molecule has 48 heavy (non-hydrogen) atoms. The molecule has 1 saturated heterocycles. The van der Waals surface area contributed by atoms with Gasteiger partial charge in [0.15, 0.2) is 0 Å². The molecule has 0 spiro atoms. The van der Waals surface area contributed by atoms with E-state index in [-0.39, 0.29) is 41.8 Å². The highest BCUT2D eigenvalue weighted by atomic mass is 32.2. The molecule has 0 unspecified atom stereocenters. The first-order valence-electron chi connectivity index (χ1n) is 16.4. The maximum Gasteiger partial charge on any atom is 0.407 e. The molecule has 3 heterocycles. The topological polar surface area (TPSA) is 136 Å². The van der Waals surface area contributed by atoms with Crippen LogP contribution in [0.25, 0.3) is 22.0 Å². The summed E-state index contributed by atoms with van der Waals surface area (Å²) in [4.78, 5) is 26.8. The Morgan fingerprint density at radius 3 is 2.44 bits per heavy atom. The number of alkyl halides is 2. The number of nitrogens with zero attached hydrogens (tertiary/aromatic N) is 2. The van der Waals surface area contributed by atoms with Crippen LogP contribution in [0.1, 0.15) is 68.4 Å². The highest BCUT2D eigenvalue weighted by molar-refractivity contribution is 7.90. The number of amides is 2. The number of anilines is 1. The fraction of sp³-hybridized carbons (Fsp3) is 0.529. The minimum atomic E-state index is -3.77. The Balaban J connectivity index is 1.14. The van der Waals surface area contributed by atoms with Crippen LogP contribution in [0.4, 0.5) is 23.7 Å². The van der Waals surface area contributed by atoms with Gasteiger partial charge in [-0.25, -0.2) is 30.4 Å². The molecule has 10 nitrogen and oxygen atoms in total. The van der Waals surface area contributed by atoms with Gasteiger partial charge in [0.25, 0.3) is 11.8 Å². The molecule has 0 radical (unpaired) electrons. The zero-order chi connectivity index (χ0) is 34.4. The predicted octanol–water partition coefficient (Wildman–Crippen LogP) is 5.49. The Kier molecular flexibility index (Phi) is 9.18. The number of piperidine rings is 1. The Morgan fingerprint density at radius 1 is 1.04 bits per heavy atom. The smallest absolute Gasteiger partial charge is 0.407 e. The zero-order valence-electron chi connectivity index (χ0n) is 27.2. The quantitative estimate of drug-likeness (QED) is 0.285. The van der Waals surface area contributed by atoms with Gasteiger partial charge in [-0.2, -0.15) is 0 Å². The van der Waals surface area contributed by atoms with Gasteiger partial charge in [-0.15, -0.1) is 0 Å². The van der Waals surface area contributed by atoms with E-state index in [2.05, 4.69) is 10.6 Å². The molecule has 1 saturated carbocycles. The molecule has 1 aromatic heterocycles. The van der Waals surface area contributed by atoms with Gasteiger partial charge in [-0.1, -0.05) is 19.9 Å². The average molecular weight is 690 g/mol. The van der Waals surface area contributed by atoms with Gasteiger partial charge in [0.05, 0.1) is 16.8 Å². The lowest BCUT2D eigenvalue weighted by Gasteiger charge is -2.32. The van der Waals surface area contributed by atoms with Crippen molar-refractivity contribution >= 4 is 38.6 Å². The van der Waals surface area contributed by atoms with E-state index < -0.39 is 39.2 Å². The number of aromatic nitrogens is 1. The third-order valence-corrected chi connectivity index (χ3v) is 11.8. The first kappa shape index (κ1) is 34.1. The summed E-state index contributed by atoms with van der Waals surface area (Å²) < 4.78 is 75.0. The molecule has 2 aliphatic heterocycles. The van der Waals surface area contributed by atoms with Gasteiger partial charge in [0.2, 0.25) is 10.0 Å². The number of benzene rings is 2. The molecule has 2 amide bonds. The van der Waals surface area contributed by atoms with E-state index in [1.165, 1.54) is 16.1 Å². The number of fused-ring (bicyclic) bond motifs is 3. The van der Waals surface area contributed by atoms with Gasteiger partial charge in [0.1, 0.15) is 11.9 Å². The molecule has 14 heteroatoms. The largest absolute Gasteiger partial charge is 0.446 e. The number of alkyl carbamates (subject to hydrolysis) is 1. The van der Waals surface area contributed by atoms with E-state index in [1.807, 2.05) is 18.7 Å². The average Bonchev–Trinajstić information content (AvgIpc) is 3.31. The van der Waals surface area contributed by atoms with Crippen molar-refractivity contribution in [3.8, 4) is 11.1 Å². The summed E-state index contributed by atoms with van der Waals surface area (Å²) in [6, 6.07) is 9.26. The molecule has 3 aliphatic rings. The Labute approximate surface area is 278 Å². The van der Waals surface area contributed by atoms with E-state index in [0.29, 0.717) is 86.2 Å². The van der Waals surface area contributed by atoms with Crippen molar-refractivity contribution in [2.24, 2.45) is 11.1 Å². The molecule has 6 rings (SSSR count). The Bertz CT molecular complexity index is 1830. The van der Waals surface area contributed by atoms with Crippen molar-refractivity contribution in [2.45, 2.75) is 76.9 Å². The van der Waals surface area contributed by atoms with Gasteiger partial charge in [0, 0.05) is 67.4 Å². The van der Waals surface area contributed by atoms with Gasteiger partial charge >= 0.3 is 6.09 Å². The second-order valence-corrected chi connectivity index (χ2v) is 15.9. The second kappa shape index (κ2) is 12.9. The summed E-state index contributed by atoms with van der Waals surface area (Å²) in [5.41, 5.74) is 8.18. The van der Waals surface area contributed by atoms with E-state index in [1.54, 1.807) is 24.3 Å². The molecule has 1 aliphatic carbocycles. The number of hydrogen-bond donors (Lipinski definition) is 3. The third-order valence-electron chi connectivity index (χ3n) is 9.65. The lowest BCUT2D eigenvalue weighted by molar-refractivity contribution is -0.0548. The summed E-state index contributed by atoms with van der Waals surface area (Å²) in [6.45, 7) is 5.17. The number of carbonyl (C=O) groups is 2. The lowest BCUT2D eigenvalue weighted by atomic mass is 9.87. The number of carbonyl (C=O) groups excluding carboxylic acids is 2. The van der Waals surface area contributed by atoms with Crippen LogP contribution >= 0.6 is 0 Å². The number of primary amides is 1. The highest BCUT2D eigenvalue weighted by Gasteiger charge is 2.39. The first-order valence-corrected chi connectivity index (χ1v) is 18.0. The number of rotatable bonds is 8. The number of halogens is 3. The summed E-state index contributed by atoms with van der Waals surface area (Å²) in [7, 11) is -3.77. The molecule has 4 N–H and O–H groups in total. The first-order chi connectivity index (χ1) is 22.6. The maximum absolute atomic E-state index is 14.4. The van der Waals surface area contributed by atoms with Crippen LogP contribution < -0.4 is 16.4 Å². The van der Waals surface area contributed by atoms with Crippen LogP contribution in [0, 0.1) is 11.2 Å². The standard InChI is InChI=1S/C34H42F3N5O5S/c1-33(2)19-29-30(26-10-4-22(35)18-28(26)42(29)48(45,46)20-33)21-3-9-25(31(38)43)27(17-21)40-23-5-7-24(8-6-23)47-32(44)39-13-16-41-14-11-34(36,37)12-15-41/h3-4,9-10,17-18,23-24,40H,5-8,11-16,19-20H2,1-2H3,(H2,38,43)(H,39,44)/t23-,24-. The fourth-order valence-corrected chi connectivity index (χ4v) is 9.50. The molecule has 2 aromatic carbocycles. The number of nitrogens with one attached hydrogen (secondary N) is 2. The molecule has 3 aromatic rings. The summed E-state index contributed by atoms with van der Waals surface area (Å²) >= 11 is 0. The SMILES string of the molecule is CC1(C)Cc2c(-c3ccc(C(N)=O)c(N[C@H]4CC[C@H](OC(=O)NCCN5CCC(F)(F)CC5)CC4)c3)c3ccc(F)cc3n2S(=O)(=O)C1. The lowest BCUT2D eigenvalue weighted by Crippen LogP contribution is -2.43. The van der Waals surface area contributed by atoms with Crippen molar-refractivity contribution in [3.63, 3.8) is 0 Å². The van der Waals surface area contributed by atoms with E-state index >= 15 is 0 Å². The van der Waals surface area contributed by atoms with Crippen LogP contribution in [0.3, 0.4) is 0 Å². The Hall–Kier alpha value is -3.78. The molecule has 0 atom stereocenters. The van der Waals surface area contributed by atoms with Crippen molar-refractivity contribution in [1.29, 1.82) is 0 Å². The van der Waals surface area contributed by atoms with Crippen molar-refractivity contribution < 1.29 is 35.9 Å². The number of ether oxygens (including phenoxy) is 1. The molecule has 0 bridgehead atoms. The molecule has 2 fully saturated rings. The number of nitrogens with two attached hydrogens (primary N) is 1. The summed E-state index contributed by atoms with van der Waals surface area (Å²) in [5.74, 6) is -3.84. The van der Waals surface area contributed by atoms with Crippen molar-refractivity contribution in [1.82, 2.24) is 14.2 Å². The molecule has 260 valence electrons. The maximum atomic E-state index is 14.4. The minimum absolute atomic E-state index is 0.0494. The second-order valence-electron chi connectivity index (χ2n) is 14.1. The van der Waals surface area contributed by atoms with Crippen LogP contribution in [0.15, 0.2) is 36.4 Å². The summed E-state index contributed by atoms with van der Waals surface area (Å²) in [5, 5.41) is 6.77. The summed E-state index contributed by atoms with van der Waals surface area (Å²) in [6.07, 6.45) is 1.77. The number of hydrogen-bond acceptors (Lipinski definition) is 7. The highest BCUT2D eigenvalue weighted by Crippen LogP contribution is 2.44.